The van der Waals surface area contributed by atoms with Gasteiger partial charge in [0.2, 0.25) is 17.7 Å². The molecule has 0 spiro atoms. The summed E-state index contributed by atoms with van der Waals surface area (Å²) in [6.45, 7) is 1.04. The lowest BCUT2D eigenvalue weighted by Gasteiger charge is -2.31. The fraction of sp³-hybridized carbons (Fsp3) is 0.333. The van der Waals surface area contributed by atoms with Gasteiger partial charge in [-0.25, -0.2) is 0 Å². The summed E-state index contributed by atoms with van der Waals surface area (Å²) >= 11 is 5.94. The van der Waals surface area contributed by atoms with Crippen molar-refractivity contribution in [2.75, 3.05) is 26.7 Å². The second-order valence-corrected chi connectivity index (χ2v) is 11.3. The topological polar surface area (TPSA) is 155 Å². The SMILES string of the molecule is CNC(=O)[C@H](Cc1ccc2ccccc2c1)N1CC[C@H](CNC(=O)C=Cc2ccc(Cl)cc2)N[C@@H](CCCN=C(N)N)C1=O. The van der Waals surface area contributed by atoms with Gasteiger partial charge in [0, 0.05) is 50.2 Å². The normalized spacial score (nSPS) is 17.7. The minimum atomic E-state index is -0.702. The first-order valence-electron chi connectivity index (χ1n) is 14.8. The molecule has 0 saturated carbocycles. The number of rotatable bonds is 12. The van der Waals surface area contributed by atoms with Crippen molar-refractivity contribution < 1.29 is 14.4 Å². The molecule has 0 aromatic heterocycles. The van der Waals surface area contributed by atoms with Crippen LogP contribution in [0.15, 0.2) is 77.8 Å². The number of amides is 3. The zero-order valence-electron chi connectivity index (χ0n) is 24.8. The molecule has 4 rings (SSSR count). The second kappa shape index (κ2) is 15.9. The number of likely N-dealkylation sites (N-methyl/N-ethyl adjacent to an activating group) is 1. The van der Waals surface area contributed by atoms with E-state index in [9.17, 15) is 14.4 Å². The van der Waals surface area contributed by atoms with E-state index in [1.54, 1.807) is 30.2 Å². The molecule has 3 amide bonds. The lowest BCUT2D eigenvalue weighted by Crippen LogP contribution is -2.54. The standard InChI is InChI=1S/C33H40ClN7O3/c1-37-31(43)29(20-23-8-12-24-5-2-3-6-25(24)19-23)41-18-16-27(40-28(32(41)44)7-4-17-38-33(35)36)21-39-30(42)15-11-22-9-13-26(34)14-10-22/h2-3,5-6,8-15,19,27-29,40H,4,7,16-18,20-21H2,1H3,(H,37,43)(H,39,42)(H4,35,36,38)/t27-,28+,29+/m1/s1. The molecule has 232 valence electrons. The second-order valence-electron chi connectivity index (χ2n) is 10.8. The van der Waals surface area contributed by atoms with E-state index in [0.29, 0.717) is 50.3 Å². The summed E-state index contributed by atoms with van der Waals surface area (Å²) in [7, 11) is 1.58. The number of benzene rings is 3. The zero-order valence-corrected chi connectivity index (χ0v) is 25.6. The van der Waals surface area contributed by atoms with Crippen molar-refractivity contribution in [1.82, 2.24) is 20.9 Å². The van der Waals surface area contributed by atoms with Crippen LogP contribution in [0.25, 0.3) is 16.8 Å². The number of halogens is 1. The largest absolute Gasteiger partial charge is 0.370 e. The van der Waals surface area contributed by atoms with Crippen LogP contribution in [0.2, 0.25) is 5.02 Å². The first-order valence-corrected chi connectivity index (χ1v) is 15.1. The summed E-state index contributed by atoms with van der Waals surface area (Å²) < 4.78 is 0. The molecule has 0 bridgehead atoms. The molecule has 0 aliphatic carbocycles. The molecular weight excluding hydrogens is 578 g/mol. The van der Waals surface area contributed by atoms with E-state index in [4.69, 9.17) is 23.1 Å². The van der Waals surface area contributed by atoms with E-state index < -0.39 is 12.1 Å². The van der Waals surface area contributed by atoms with Crippen molar-refractivity contribution in [2.24, 2.45) is 16.5 Å². The summed E-state index contributed by atoms with van der Waals surface area (Å²) in [6.07, 6.45) is 5.12. The van der Waals surface area contributed by atoms with Gasteiger partial charge >= 0.3 is 0 Å². The fourth-order valence-electron chi connectivity index (χ4n) is 5.35. The van der Waals surface area contributed by atoms with Crippen molar-refractivity contribution in [3.8, 4) is 0 Å². The molecule has 3 aromatic rings. The smallest absolute Gasteiger partial charge is 0.244 e. The van der Waals surface area contributed by atoms with Crippen molar-refractivity contribution in [1.29, 1.82) is 0 Å². The van der Waals surface area contributed by atoms with Crippen LogP contribution in [-0.4, -0.2) is 73.4 Å². The number of guanidine groups is 1. The molecular formula is C33H40ClN7O3. The number of fused-ring (bicyclic) bond motifs is 1. The zero-order chi connectivity index (χ0) is 31.5. The molecule has 10 nitrogen and oxygen atoms in total. The fourth-order valence-corrected chi connectivity index (χ4v) is 5.48. The molecule has 3 atom stereocenters. The maximum atomic E-state index is 14.0. The number of aliphatic imine (C=N–C) groups is 1. The molecule has 0 unspecified atom stereocenters. The van der Waals surface area contributed by atoms with Crippen LogP contribution in [0.1, 0.15) is 30.4 Å². The summed E-state index contributed by atoms with van der Waals surface area (Å²) in [5, 5.41) is 11.9. The minimum absolute atomic E-state index is 0.00547. The Morgan fingerprint density at radius 1 is 1.11 bits per heavy atom. The van der Waals surface area contributed by atoms with Gasteiger partial charge in [0.15, 0.2) is 5.96 Å². The van der Waals surface area contributed by atoms with Gasteiger partial charge in [-0.2, -0.15) is 0 Å². The lowest BCUT2D eigenvalue weighted by atomic mass is 9.99. The predicted molar refractivity (Wildman–Crippen MR) is 176 cm³/mol. The Morgan fingerprint density at radius 3 is 2.59 bits per heavy atom. The molecule has 0 radical (unpaired) electrons. The molecule has 1 aliphatic rings. The van der Waals surface area contributed by atoms with Gasteiger partial charge < -0.3 is 32.3 Å². The van der Waals surface area contributed by atoms with Crippen LogP contribution < -0.4 is 27.4 Å². The minimum Gasteiger partial charge on any atom is -0.370 e. The van der Waals surface area contributed by atoms with E-state index in [-0.39, 0.29) is 29.7 Å². The Morgan fingerprint density at radius 2 is 1.86 bits per heavy atom. The van der Waals surface area contributed by atoms with Crippen molar-refractivity contribution in [3.63, 3.8) is 0 Å². The third-order valence-electron chi connectivity index (χ3n) is 7.67. The number of carbonyl (C=O) groups excluding carboxylic acids is 3. The average molecular weight is 618 g/mol. The monoisotopic (exact) mass is 617 g/mol. The highest BCUT2D eigenvalue weighted by Gasteiger charge is 2.37. The molecule has 44 heavy (non-hydrogen) atoms. The summed E-state index contributed by atoms with van der Waals surface area (Å²) in [5.41, 5.74) is 12.8. The highest BCUT2D eigenvalue weighted by molar-refractivity contribution is 6.30. The van der Waals surface area contributed by atoms with Gasteiger partial charge in [0.1, 0.15) is 6.04 Å². The Bertz CT molecular complexity index is 1500. The van der Waals surface area contributed by atoms with Crippen molar-refractivity contribution >= 4 is 52.1 Å². The highest BCUT2D eigenvalue weighted by Crippen LogP contribution is 2.21. The Balaban J connectivity index is 1.49. The molecule has 7 N–H and O–H groups in total. The van der Waals surface area contributed by atoms with E-state index in [1.807, 2.05) is 48.5 Å². The summed E-state index contributed by atoms with van der Waals surface area (Å²) in [4.78, 5) is 45.6. The van der Waals surface area contributed by atoms with Crippen LogP contribution in [0.5, 0.6) is 0 Å². The van der Waals surface area contributed by atoms with Gasteiger partial charge in [0.25, 0.3) is 0 Å². The number of nitrogens with two attached hydrogens (primary N) is 2. The van der Waals surface area contributed by atoms with E-state index in [1.165, 1.54) is 6.08 Å². The first kappa shape index (κ1) is 32.5. The van der Waals surface area contributed by atoms with Crippen LogP contribution in [-0.2, 0) is 20.8 Å². The molecule has 3 aromatic carbocycles. The maximum Gasteiger partial charge on any atom is 0.244 e. The first-order chi connectivity index (χ1) is 21.2. The van der Waals surface area contributed by atoms with Crippen LogP contribution in [0, 0.1) is 0 Å². The number of nitrogens with zero attached hydrogens (tertiary/aromatic N) is 2. The van der Waals surface area contributed by atoms with Crippen LogP contribution in [0.3, 0.4) is 0 Å². The van der Waals surface area contributed by atoms with Gasteiger partial charge in [-0.15, -0.1) is 0 Å². The van der Waals surface area contributed by atoms with E-state index in [0.717, 1.165) is 21.9 Å². The van der Waals surface area contributed by atoms with Gasteiger partial charge in [-0.05, 0) is 59.4 Å². The third-order valence-corrected chi connectivity index (χ3v) is 7.92. The Labute approximate surface area is 262 Å². The lowest BCUT2D eigenvalue weighted by molar-refractivity contribution is -0.141. The molecule has 11 heteroatoms. The summed E-state index contributed by atoms with van der Waals surface area (Å²) in [6, 6.07) is 19.8. The Hall–Kier alpha value is -4.41. The van der Waals surface area contributed by atoms with Crippen LogP contribution >= 0.6 is 11.6 Å². The number of hydrogen-bond acceptors (Lipinski definition) is 5. The number of carbonyl (C=O) groups is 3. The predicted octanol–water partition coefficient (Wildman–Crippen LogP) is 2.59. The number of hydrogen-bond donors (Lipinski definition) is 5. The quantitative estimate of drug-likeness (QED) is 0.0911. The molecule has 1 fully saturated rings. The van der Waals surface area contributed by atoms with Crippen molar-refractivity contribution in [3.05, 3.63) is 89.0 Å². The average Bonchev–Trinajstić information content (AvgIpc) is 3.18. The van der Waals surface area contributed by atoms with Crippen LogP contribution in [0.4, 0.5) is 0 Å². The molecule has 1 aliphatic heterocycles. The van der Waals surface area contributed by atoms with Gasteiger partial charge in [-0.1, -0.05) is 66.2 Å². The Kier molecular flexibility index (Phi) is 11.7. The van der Waals surface area contributed by atoms with E-state index in [2.05, 4.69) is 27.0 Å². The van der Waals surface area contributed by atoms with Crippen molar-refractivity contribution in [2.45, 2.75) is 43.8 Å². The molecule has 1 saturated heterocycles. The number of nitrogens with one attached hydrogen (secondary N) is 3. The van der Waals surface area contributed by atoms with Gasteiger partial charge in [0.05, 0.1) is 6.04 Å². The van der Waals surface area contributed by atoms with Gasteiger partial charge in [-0.3, -0.25) is 19.4 Å². The summed E-state index contributed by atoms with van der Waals surface area (Å²) in [5.74, 6) is -0.655. The maximum absolute atomic E-state index is 14.0. The van der Waals surface area contributed by atoms with E-state index >= 15 is 0 Å². The highest BCUT2D eigenvalue weighted by atomic mass is 35.5. The third kappa shape index (κ3) is 9.29. The molecule has 1 heterocycles.